The first-order chi connectivity index (χ1) is 5.65. The molecule has 0 aromatic carbocycles. The van der Waals surface area contributed by atoms with Gasteiger partial charge in [-0.15, -0.1) is 0 Å². The van der Waals surface area contributed by atoms with Crippen molar-refractivity contribution in [3.8, 4) is 11.8 Å². The molecule has 1 N–H and O–H groups in total. The largest absolute Gasteiger partial charge is 0.506 e. The molecule has 0 fully saturated rings. The lowest BCUT2D eigenvalue weighted by Crippen LogP contribution is -1.93. The molecule has 1 aromatic rings. The molecule has 0 atom stereocenters. The molecule has 0 amide bonds. The Kier molecular flexibility index (Phi) is 2.19. The molecule has 0 unspecified atom stereocenters. The topological polar surface area (TPSA) is 56.9 Å². The van der Waals surface area contributed by atoms with E-state index < -0.39 is 17.9 Å². The van der Waals surface area contributed by atoms with E-state index in [1.807, 2.05) is 0 Å². The minimum absolute atomic E-state index is 0.136. The molecule has 0 saturated carbocycles. The summed E-state index contributed by atoms with van der Waals surface area (Å²) in [5, 5.41) is 17.1. The van der Waals surface area contributed by atoms with Crippen molar-refractivity contribution in [2.45, 2.75) is 6.43 Å². The van der Waals surface area contributed by atoms with Crippen molar-refractivity contribution in [3.63, 3.8) is 0 Å². The second-order valence-corrected chi connectivity index (χ2v) is 2.01. The number of alkyl halides is 2. The lowest BCUT2D eigenvalue weighted by Gasteiger charge is -2.00. The van der Waals surface area contributed by atoms with Gasteiger partial charge in [0.05, 0.1) is 0 Å². The molecule has 62 valence electrons. The number of aromatic hydroxyl groups is 1. The Morgan fingerprint density at radius 3 is 2.67 bits per heavy atom. The van der Waals surface area contributed by atoms with Gasteiger partial charge in [0.1, 0.15) is 23.2 Å². The summed E-state index contributed by atoms with van der Waals surface area (Å²) in [5.74, 6) is -0.594. The third kappa shape index (κ3) is 1.48. The second-order valence-electron chi connectivity index (χ2n) is 2.01. The number of nitriles is 1. The highest BCUT2D eigenvalue weighted by atomic mass is 19.3. The van der Waals surface area contributed by atoms with Crippen LogP contribution in [0.1, 0.15) is 17.8 Å². The van der Waals surface area contributed by atoms with Crippen LogP contribution in [0.15, 0.2) is 12.1 Å². The van der Waals surface area contributed by atoms with Crippen LogP contribution in [0.25, 0.3) is 0 Å². The number of hydrogen-bond donors (Lipinski definition) is 1. The molecule has 0 radical (unpaired) electrons. The molecule has 12 heavy (non-hydrogen) atoms. The summed E-state index contributed by atoms with van der Waals surface area (Å²) in [4.78, 5) is 3.23. The average molecular weight is 170 g/mol. The van der Waals surface area contributed by atoms with Crippen LogP contribution in [0.2, 0.25) is 0 Å². The standard InChI is InChI=1S/C7H4F2N2O/c8-7(9)6-5(12)2-1-4(3-10)11-6/h1-2,7,12H. The van der Waals surface area contributed by atoms with Crippen LogP contribution in [0.3, 0.4) is 0 Å². The second kappa shape index (κ2) is 3.13. The van der Waals surface area contributed by atoms with Crippen molar-refractivity contribution >= 4 is 0 Å². The number of pyridine rings is 1. The molecule has 0 aliphatic rings. The van der Waals surface area contributed by atoms with Gasteiger partial charge < -0.3 is 5.11 Å². The van der Waals surface area contributed by atoms with Gasteiger partial charge in [0.25, 0.3) is 6.43 Å². The van der Waals surface area contributed by atoms with Gasteiger partial charge in [-0.2, -0.15) is 5.26 Å². The number of hydrogen-bond acceptors (Lipinski definition) is 3. The van der Waals surface area contributed by atoms with Crippen LogP contribution in [-0.2, 0) is 0 Å². The fourth-order valence-corrected chi connectivity index (χ4v) is 0.690. The predicted octanol–water partition coefficient (Wildman–Crippen LogP) is 1.60. The van der Waals surface area contributed by atoms with Gasteiger partial charge in [-0.1, -0.05) is 0 Å². The van der Waals surface area contributed by atoms with Gasteiger partial charge in [0.2, 0.25) is 0 Å². The molecular formula is C7H4F2N2O. The van der Waals surface area contributed by atoms with E-state index >= 15 is 0 Å². The van der Waals surface area contributed by atoms with Crippen LogP contribution < -0.4 is 0 Å². The summed E-state index contributed by atoms with van der Waals surface area (Å²) in [6.07, 6.45) is -2.86. The summed E-state index contributed by atoms with van der Waals surface area (Å²) in [7, 11) is 0. The van der Waals surface area contributed by atoms with E-state index in [2.05, 4.69) is 4.98 Å². The van der Waals surface area contributed by atoms with Crippen molar-refractivity contribution in [1.82, 2.24) is 4.98 Å². The average Bonchev–Trinajstić information content (AvgIpc) is 2.05. The van der Waals surface area contributed by atoms with E-state index in [9.17, 15) is 8.78 Å². The third-order valence-corrected chi connectivity index (χ3v) is 1.22. The highest BCUT2D eigenvalue weighted by Crippen LogP contribution is 2.25. The molecule has 1 heterocycles. The lowest BCUT2D eigenvalue weighted by atomic mass is 10.3. The van der Waals surface area contributed by atoms with E-state index in [-0.39, 0.29) is 5.69 Å². The van der Waals surface area contributed by atoms with Crippen LogP contribution in [0.4, 0.5) is 8.78 Å². The minimum Gasteiger partial charge on any atom is -0.506 e. The molecule has 0 aliphatic heterocycles. The lowest BCUT2D eigenvalue weighted by molar-refractivity contribution is 0.142. The van der Waals surface area contributed by atoms with E-state index in [1.165, 1.54) is 6.07 Å². The highest BCUT2D eigenvalue weighted by molar-refractivity contribution is 5.32. The maximum Gasteiger partial charge on any atom is 0.284 e. The van der Waals surface area contributed by atoms with Crippen molar-refractivity contribution in [3.05, 3.63) is 23.5 Å². The molecule has 3 nitrogen and oxygen atoms in total. The third-order valence-electron chi connectivity index (χ3n) is 1.22. The van der Waals surface area contributed by atoms with Crippen molar-refractivity contribution < 1.29 is 13.9 Å². The minimum atomic E-state index is -2.86. The van der Waals surface area contributed by atoms with Gasteiger partial charge in [-0.05, 0) is 12.1 Å². The highest BCUT2D eigenvalue weighted by Gasteiger charge is 2.14. The number of halogens is 2. The molecule has 5 heteroatoms. The number of rotatable bonds is 1. The first-order valence-electron chi connectivity index (χ1n) is 3.03. The van der Waals surface area contributed by atoms with Gasteiger partial charge >= 0.3 is 0 Å². The zero-order chi connectivity index (χ0) is 9.14. The Bertz CT molecular complexity index is 333. The maximum absolute atomic E-state index is 12.0. The maximum atomic E-state index is 12.0. The summed E-state index contributed by atoms with van der Waals surface area (Å²) >= 11 is 0. The van der Waals surface area contributed by atoms with Crippen LogP contribution in [-0.4, -0.2) is 10.1 Å². The molecule has 0 aliphatic carbocycles. The van der Waals surface area contributed by atoms with Crippen LogP contribution in [0.5, 0.6) is 5.75 Å². The SMILES string of the molecule is N#Cc1ccc(O)c(C(F)F)n1. The Hall–Kier alpha value is -1.70. The summed E-state index contributed by atoms with van der Waals surface area (Å²) < 4.78 is 24.0. The quantitative estimate of drug-likeness (QED) is 0.696. The zero-order valence-corrected chi connectivity index (χ0v) is 5.83. The smallest absolute Gasteiger partial charge is 0.284 e. The van der Waals surface area contributed by atoms with Gasteiger partial charge in [-0.25, -0.2) is 13.8 Å². The summed E-state index contributed by atoms with van der Waals surface area (Å²) in [6, 6.07) is 3.78. The molecule has 1 aromatic heterocycles. The molecule has 0 spiro atoms. The van der Waals surface area contributed by atoms with Crippen molar-refractivity contribution in [2.24, 2.45) is 0 Å². The first kappa shape index (κ1) is 8.40. The Balaban J connectivity index is 3.19. The Morgan fingerprint density at radius 2 is 2.17 bits per heavy atom. The fourth-order valence-electron chi connectivity index (χ4n) is 0.690. The Morgan fingerprint density at radius 1 is 1.50 bits per heavy atom. The Labute approximate surface area is 66.9 Å². The van der Waals surface area contributed by atoms with Gasteiger partial charge in [0, 0.05) is 0 Å². The van der Waals surface area contributed by atoms with Crippen LogP contribution >= 0.6 is 0 Å². The molecule has 0 bridgehead atoms. The van der Waals surface area contributed by atoms with E-state index in [0.717, 1.165) is 6.07 Å². The molecule has 1 rings (SSSR count). The number of nitrogens with zero attached hydrogens (tertiary/aromatic N) is 2. The summed E-state index contributed by atoms with van der Waals surface area (Å²) in [6.45, 7) is 0. The van der Waals surface area contributed by atoms with Crippen molar-refractivity contribution in [1.29, 1.82) is 5.26 Å². The molecular weight excluding hydrogens is 166 g/mol. The van der Waals surface area contributed by atoms with E-state index in [0.29, 0.717) is 0 Å². The normalized spacial score (nSPS) is 9.83. The fraction of sp³-hybridized carbons (Fsp3) is 0.143. The monoisotopic (exact) mass is 170 g/mol. The predicted molar refractivity (Wildman–Crippen MR) is 35.6 cm³/mol. The van der Waals surface area contributed by atoms with Gasteiger partial charge in [0.15, 0.2) is 0 Å². The first-order valence-corrected chi connectivity index (χ1v) is 3.03. The van der Waals surface area contributed by atoms with E-state index in [4.69, 9.17) is 10.4 Å². The van der Waals surface area contributed by atoms with Crippen LogP contribution in [0, 0.1) is 11.3 Å². The number of aromatic nitrogens is 1. The van der Waals surface area contributed by atoms with E-state index in [1.54, 1.807) is 6.07 Å². The molecule has 0 saturated heterocycles. The zero-order valence-electron chi connectivity index (χ0n) is 5.83. The van der Waals surface area contributed by atoms with Crippen molar-refractivity contribution in [2.75, 3.05) is 0 Å². The van der Waals surface area contributed by atoms with Gasteiger partial charge in [-0.3, -0.25) is 0 Å². The summed E-state index contributed by atoms with van der Waals surface area (Å²) in [5.41, 5.74) is -0.892.